The summed E-state index contributed by atoms with van der Waals surface area (Å²) in [5, 5.41) is 0. The summed E-state index contributed by atoms with van der Waals surface area (Å²) in [6.45, 7) is 0.817. The molecule has 0 unspecified atom stereocenters. The van der Waals surface area contributed by atoms with Crippen LogP contribution < -0.4 is 19.9 Å². The maximum absolute atomic E-state index is 5.53. The topological polar surface area (TPSA) is 53.7 Å². The van der Waals surface area contributed by atoms with Gasteiger partial charge < -0.3 is 19.9 Å². The highest BCUT2D eigenvalue weighted by molar-refractivity contribution is 9.10. The molecular formula is C10H13BrClNO3. The number of rotatable bonds is 3. The Morgan fingerprint density at radius 1 is 1.44 bits per heavy atom. The number of ether oxygens (including phenoxy) is 3. The Bertz CT molecular complexity index is 387. The van der Waals surface area contributed by atoms with Gasteiger partial charge in [0, 0.05) is 0 Å². The molecule has 0 saturated carbocycles. The molecule has 1 aliphatic heterocycles. The van der Waals surface area contributed by atoms with Crippen molar-refractivity contribution in [1.29, 1.82) is 0 Å². The molecule has 2 N–H and O–H groups in total. The van der Waals surface area contributed by atoms with Crippen molar-refractivity contribution in [3.8, 4) is 17.2 Å². The van der Waals surface area contributed by atoms with Crippen LogP contribution in [0.25, 0.3) is 0 Å². The predicted molar refractivity (Wildman–Crippen MR) is 66.8 cm³/mol. The molecule has 1 aromatic rings. The maximum Gasteiger partial charge on any atom is 0.231 e. The number of nitrogens with two attached hydrogens (primary N) is 1. The summed E-state index contributed by atoms with van der Waals surface area (Å²) in [4.78, 5) is 0. The van der Waals surface area contributed by atoms with Crippen LogP contribution in [0, 0.1) is 0 Å². The van der Waals surface area contributed by atoms with E-state index in [0.717, 1.165) is 16.5 Å². The molecule has 0 spiro atoms. The largest absolute Gasteiger partial charge is 0.493 e. The highest BCUT2D eigenvalue weighted by Gasteiger charge is 2.24. The standard InChI is InChI=1S/C10H12BrNO3.ClH/c1-13-7-4-6(2-3-12)8(11)10-9(7)14-5-15-10;/h4H,2-3,5,12H2,1H3;1H. The lowest BCUT2D eigenvalue weighted by Gasteiger charge is -2.10. The second kappa shape index (κ2) is 5.61. The van der Waals surface area contributed by atoms with Gasteiger partial charge in [0.25, 0.3) is 0 Å². The average Bonchev–Trinajstić information content (AvgIpc) is 2.71. The van der Waals surface area contributed by atoms with E-state index in [1.807, 2.05) is 6.07 Å². The second-order valence-electron chi connectivity index (χ2n) is 3.16. The fraction of sp³-hybridized carbons (Fsp3) is 0.400. The third-order valence-corrected chi connectivity index (χ3v) is 3.13. The third-order valence-electron chi connectivity index (χ3n) is 2.26. The van der Waals surface area contributed by atoms with Crippen molar-refractivity contribution >= 4 is 28.3 Å². The van der Waals surface area contributed by atoms with Crippen molar-refractivity contribution in [3.05, 3.63) is 16.1 Å². The van der Waals surface area contributed by atoms with E-state index < -0.39 is 0 Å². The predicted octanol–water partition coefficient (Wildman–Crippen LogP) is 2.11. The molecule has 6 heteroatoms. The SMILES string of the molecule is COc1cc(CCN)c(Br)c2c1OCO2.Cl. The minimum atomic E-state index is 0. The first kappa shape index (κ1) is 13.4. The Hall–Kier alpha value is -0.650. The molecule has 1 aliphatic rings. The lowest BCUT2D eigenvalue weighted by molar-refractivity contribution is 0.170. The first-order chi connectivity index (χ1) is 7.27. The van der Waals surface area contributed by atoms with Crippen molar-refractivity contribution in [2.45, 2.75) is 6.42 Å². The maximum atomic E-state index is 5.53. The van der Waals surface area contributed by atoms with E-state index >= 15 is 0 Å². The van der Waals surface area contributed by atoms with E-state index in [1.54, 1.807) is 7.11 Å². The van der Waals surface area contributed by atoms with Crippen LogP contribution in [0.15, 0.2) is 10.5 Å². The molecule has 0 amide bonds. The fourth-order valence-corrected chi connectivity index (χ4v) is 2.15. The summed E-state index contributed by atoms with van der Waals surface area (Å²) >= 11 is 3.48. The molecule has 0 aliphatic carbocycles. The Balaban J connectivity index is 0.00000128. The summed E-state index contributed by atoms with van der Waals surface area (Å²) in [6, 6.07) is 1.92. The van der Waals surface area contributed by atoms with E-state index in [9.17, 15) is 0 Å². The summed E-state index contributed by atoms with van der Waals surface area (Å²) in [5.74, 6) is 2.05. The van der Waals surface area contributed by atoms with Gasteiger partial charge in [0.2, 0.25) is 12.5 Å². The van der Waals surface area contributed by atoms with Crippen LogP contribution in [0.3, 0.4) is 0 Å². The first-order valence-electron chi connectivity index (χ1n) is 4.63. The number of fused-ring (bicyclic) bond motifs is 1. The Morgan fingerprint density at radius 2 is 2.12 bits per heavy atom. The van der Waals surface area contributed by atoms with Gasteiger partial charge in [-0.25, -0.2) is 0 Å². The zero-order chi connectivity index (χ0) is 10.8. The van der Waals surface area contributed by atoms with Gasteiger partial charge in [-0.3, -0.25) is 0 Å². The van der Waals surface area contributed by atoms with Crippen LogP contribution in [0.5, 0.6) is 17.2 Å². The van der Waals surface area contributed by atoms with Gasteiger partial charge in [-0.15, -0.1) is 12.4 Å². The minimum Gasteiger partial charge on any atom is -0.493 e. The molecule has 1 heterocycles. The Kier molecular flexibility index (Phi) is 4.70. The second-order valence-corrected chi connectivity index (χ2v) is 3.95. The number of hydrogen-bond acceptors (Lipinski definition) is 4. The Morgan fingerprint density at radius 3 is 2.75 bits per heavy atom. The molecule has 0 saturated heterocycles. The fourth-order valence-electron chi connectivity index (χ4n) is 1.55. The lowest BCUT2D eigenvalue weighted by Crippen LogP contribution is -2.04. The van der Waals surface area contributed by atoms with Gasteiger partial charge in [0.05, 0.1) is 11.6 Å². The molecule has 0 fully saturated rings. The summed E-state index contributed by atoms with van der Waals surface area (Å²) < 4.78 is 16.8. The highest BCUT2D eigenvalue weighted by Crippen LogP contribution is 2.47. The molecule has 0 radical (unpaired) electrons. The number of methoxy groups -OCH3 is 1. The van der Waals surface area contributed by atoms with E-state index in [-0.39, 0.29) is 19.2 Å². The van der Waals surface area contributed by atoms with E-state index in [0.29, 0.717) is 23.8 Å². The van der Waals surface area contributed by atoms with Gasteiger partial charge in [-0.05, 0) is 40.5 Å². The van der Waals surface area contributed by atoms with E-state index in [4.69, 9.17) is 19.9 Å². The zero-order valence-corrected chi connectivity index (χ0v) is 11.2. The monoisotopic (exact) mass is 309 g/mol. The molecule has 0 bridgehead atoms. The van der Waals surface area contributed by atoms with Gasteiger partial charge in [0.1, 0.15) is 0 Å². The van der Waals surface area contributed by atoms with E-state index in [1.165, 1.54) is 0 Å². The first-order valence-corrected chi connectivity index (χ1v) is 5.42. The molecule has 1 aromatic carbocycles. The zero-order valence-electron chi connectivity index (χ0n) is 8.79. The summed E-state index contributed by atoms with van der Waals surface area (Å²) in [6.07, 6.45) is 0.771. The van der Waals surface area contributed by atoms with Crippen molar-refractivity contribution in [1.82, 2.24) is 0 Å². The highest BCUT2D eigenvalue weighted by atomic mass is 79.9. The Labute approximate surface area is 109 Å². The van der Waals surface area contributed by atoms with E-state index in [2.05, 4.69) is 15.9 Å². The molecule has 4 nitrogen and oxygen atoms in total. The van der Waals surface area contributed by atoms with Crippen molar-refractivity contribution in [2.24, 2.45) is 5.73 Å². The van der Waals surface area contributed by atoms with Crippen molar-refractivity contribution < 1.29 is 14.2 Å². The normalized spacial score (nSPS) is 12.2. The van der Waals surface area contributed by atoms with Crippen LogP contribution >= 0.6 is 28.3 Å². The van der Waals surface area contributed by atoms with Gasteiger partial charge >= 0.3 is 0 Å². The van der Waals surface area contributed by atoms with Crippen molar-refractivity contribution in [2.75, 3.05) is 20.4 Å². The minimum absolute atomic E-state index is 0. The molecule has 2 rings (SSSR count). The molecule has 0 aromatic heterocycles. The van der Waals surface area contributed by atoms with Gasteiger partial charge in [0.15, 0.2) is 11.5 Å². The lowest BCUT2D eigenvalue weighted by atomic mass is 10.1. The third kappa shape index (κ3) is 2.21. The van der Waals surface area contributed by atoms with Crippen molar-refractivity contribution in [3.63, 3.8) is 0 Å². The molecule has 90 valence electrons. The molecule has 0 atom stereocenters. The smallest absolute Gasteiger partial charge is 0.231 e. The molecule has 16 heavy (non-hydrogen) atoms. The van der Waals surface area contributed by atoms with Crippen LogP contribution in [-0.4, -0.2) is 20.4 Å². The summed E-state index contributed by atoms with van der Waals surface area (Å²) in [5.41, 5.74) is 6.60. The number of halogens is 2. The van der Waals surface area contributed by atoms with Gasteiger partial charge in [-0.2, -0.15) is 0 Å². The number of benzene rings is 1. The number of hydrogen-bond donors (Lipinski definition) is 1. The van der Waals surface area contributed by atoms with Crippen LogP contribution in [0.2, 0.25) is 0 Å². The average molecular weight is 311 g/mol. The summed E-state index contributed by atoms with van der Waals surface area (Å²) in [7, 11) is 1.61. The van der Waals surface area contributed by atoms with Crippen LogP contribution in [0.4, 0.5) is 0 Å². The van der Waals surface area contributed by atoms with Crippen LogP contribution in [0.1, 0.15) is 5.56 Å². The van der Waals surface area contributed by atoms with Gasteiger partial charge in [-0.1, -0.05) is 0 Å². The molecular weight excluding hydrogens is 297 g/mol. The van der Waals surface area contributed by atoms with Crippen LogP contribution in [-0.2, 0) is 6.42 Å². The quantitative estimate of drug-likeness (QED) is 0.929.